The van der Waals surface area contributed by atoms with Gasteiger partial charge in [-0.1, -0.05) is 127 Å². The van der Waals surface area contributed by atoms with Crippen molar-refractivity contribution in [2.75, 3.05) is 4.90 Å². The Labute approximate surface area is 299 Å². The first-order valence-electron chi connectivity index (χ1n) is 17.1. The van der Waals surface area contributed by atoms with E-state index in [4.69, 9.17) is 9.40 Å². The van der Waals surface area contributed by atoms with Gasteiger partial charge in [0.1, 0.15) is 5.52 Å². The third-order valence-corrected chi connectivity index (χ3v) is 10.9. The molecule has 8 aromatic carbocycles. The monoisotopic (exact) mass is 670 g/mol. The van der Waals surface area contributed by atoms with Gasteiger partial charge in [0.2, 0.25) is 5.89 Å². The number of fused-ring (bicyclic) bond motifs is 6. The smallest absolute Gasteiger partial charge is 0.227 e. The van der Waals surface area contributed by atoms with E-state index in [-0.39, 0.29) is 0 Å². The lowest BCUT2D eigenvalue weighted by molar-refractivity contribution is 0.623. The van der Waals surface area contributed by atoms with Crippen LogP contribution in [-0.2, 0) is 0 Å². The largest absolute Gasteiger partial charge is 0.435 e. The zero-order chi connectivity index (χ0) is 33.7. The Bertz CT molecular complexity index is 2850. The first kappa shape index (κ1) is 29.4. The van der Waals surface area contributed by atoms with E-state index in [9.17, 15) is 0 Å². The third kappa shape index (κ3) is 5.16. The van der Waals surface area contributed by atoms with Crippen LogP contribution < -0.4 is 4.90 Å². The van der Waals surface area contributed by atoms with Crippen LogP contribution >= 0.6 is 11.3 Å². The predicted octanol–water partition coefficient (Wildman–Crippen LogP) is 13.8. The second-order valence-corrected chi connectivity index (χ2v) is 13.8. The highest BCUT2D eigenvalue weighted by Crippen LogP contribution is 2.49. The van der Waals surface area contributed by atoms with Gasteiger partial charge >= 0.3 is 0 Å². The fourth-order valence-corrected chi connectivity index (χ4v) is 8.39. The van der Waals surface area contributed by atoms with Gasteiger partial charge in [-0.15, -0.1) is 11.3 Å². The second-order valence-electron chi connectivity index (χ2n) is 12.8. The van der Waals surface area contributed by atoms with Crippen molar-refractivity contribution in [3.63, 3.8) is 0 Å². The van der Waals surface area contributed by atoms with E-state index >= 15 is 0 Å². The number of oxazole rings is 1. The maximum Gasteiger partial charge on any atom is 0.227 e. The molecule has 51 heavy (non-hydrogen) atoms. The maximum absolute atomic E-state index is 6.63. The van der Waals surface area contributed by atoms with Crippen molar-refractivity contribution < 1.29 is 4.42 Å². The average Bonchev–Trinajstić information content (AvgIpc) is 3.81. The molecule has 0 spiro atoms. The van der Waals surface area contributed by atoms with Crippen LogP contribution in [0.25, 0.3) is 75.8 Å². The fourth-order valence-electron chi connectivity index (χ4n) is 7.18. The van der Waals surface area contributed by atoms with Crippen LogP contribution in [-0.4, -0.2) is 4.98 Å². The van der Waals surface area contributed by atoms with Crippen molar-refractivity contribution in [1.29, 1.82) is 0 Å². The molecule has 0 aliphatic rings. The molecule has 0 aliphatic heterocycles. The summed E-state index contributed by atoms with van der Waals surface area (Å²) >= 11 is 1.80. The summed E-state index contributed by atoms with van der Waals surface area (Å²) in [6.07, 6.45) is 0. The zero-order valence-corrected chi connectivity index (χ0v) is 28.3. The van der Waals surface area contributed by atoms with Crippen LogP contribution in [0.3, 0.4) is 0 Å². The standard InChI is InChI=1S/C47H30N2OS/c1-3-12-31(13-4-1)36-18-11-19-39(29-36)49(38-26-24-33(25-27-38)37-23-22-32-14-7-8-17-35(32)28-37)42-30-41-45(50-47(48-41)34-15-5-2-6-16-34)44-40-20-9-10-21-43(40)51-46(42)44/h1-30H. The molecule has 0 aliphatic carbocycles. The highest BCUT2D eigenvalue weighted by atomic mass is 32.1. The summed E-state index contributed by atoms with van der Waals surface area (Å²) in [5, 5.41) is 4.74. The Morgan fingerprint density at radius 2 is 1.12 bits per heavy atom. The molecule has 3 nitrogen and oxygen atoms in total. The van der Waals surface area contributed by atoms with Crippen LogP contribution in [0.2, 0.25) is 0 Å². The molecular formula is C47H30N2OS. The molecule has 0 unspecified atom stereocenters. The second kappa shape index (κ2) is 12.1. The van der Waals surface area contributed by atoms with Crippen LogP contribution in [0.15, 0.2) is 186 Å². The lowest BCUT2D eigenvalue weighted by atomic mass is 10.0. The van der Waals surface area contributed by atoms with Crippen LogP contribution in [0.5, 0.6) is 0 Å². The van der Waals surface area contributed by atoms with Gasteiger partial charge in [0, 0.05) is 32.4 Å². The number of aromatic nitrogens is 1. The Hall–Kier alpha value is -6.49. The molecule has 2 heterocycles. The van der Waals surface area contributed by atoms with Crippen molar-refractivity contribution in [3.05, 3.63) is 182 Å². The highest BCUT2D eigenvalue weighted by Gasteiger charge is 2.24. The molecule has 0 radical (unpaired) electrons. The van der Waals surface area contributed by atoms with Crippen LogP contribution in [0.4, 0.5) is 17.1 Å². The Morgan fingerprint density at radius 1 is 0.471 bits per heavy atom. The summed E-state index contributed by atoms with van der Waals surface area (Å²) in [5.74, 6) is 0.622. The minimum Gasteiger partial charge on any atom is -0.435 e. The molecule has 10 rings (SSSR count). The predicted molar refractivity (Wildman–Crippen MR) is 215 cm³/mol. The van der Waals surface area contributed by atoms with Crippen molar-refractivity contribution in [1.82, 2.24) is 4.98 Å². The molecule has 0 fully saturated rings. The maximum atomic E-state index is 6.63. The van der Waals surface area contributed by atoms with Gasteiger partial charge in [-0.25, -0.2) is 4.98 Å². The highest BCUT2D eigenvalue weighted by molar-refractivity contribution is 7.26. The quantitative estimate of drug-likeness (QED) is 0.176. The zero-order valence-electron chi connectivity index (χ0n) is 27.5. The van der Waals surface area contributed by atoms with Crippen molar-refractivity contribution in [2.24, 2.45) is 0 Å². The number of benzene rings is 8. The SMILES string of the molecule is c1ccc(-c2cccc(N(c3ccc(-c4ccc5ccccc5c4)cc3)c3cc4nc(-c5ccccc5)oc4c4c3sc3ccccc34)c2)cc1. The van der Waals surface area contributed by atoms with E-state index in [1.54, 1.807) is 11.3 Å². The summed E-state index contributed by atoms with van der Waals surface area (Å²) in [5.41, 5.74) is 10.5. The Kier molecular flexibility index (Phi) is 7.00. The molecule has 4 heteroatoms. The van der Waals surface area contributed by atoms with Gasteiger partial charge in [-0.2, -0.15) is 0 Å². The number of rotatable bonds is 6. The van der Waals surface area contributed by atoms with Gasteiger partial charge in [-0.3, -0.25) is 0 Å². The minimum atomic E-state index is 0.622. The molecule has 240 valence electrons. The Morgan fingerprint density at radius 3 is 1.94 bits per heavy atom. The lowest BCUT2D eigenvalue weighted by Gasteiger charge is -2.27. The molecule has 0 atom stereocenters. The number of thiophene rings is 1. The number of hydrogen-bond acceptors (Lipinski definition) is 4. The van der Waals surface area contributed by atoms with Crippen LogP contribution in [0.1, 0.15) is 0 Å². The van der Waals surface area contributed by atoms with E-state index in [1.807, 2.05) is 30.3 Å². The summed E-state index contributed by atoms with van der Waals surface area (Å²) in [6.45, 7) is 0. The average molecular weight is 671 g/mol. The normalized spacial score (nSPS) is 11.5. The van der Waals surface area contributed by atoms with Crippen LogP contribution in [0, 0.1) is 0 Å². The van der Waals surface area contributed by atoms with Gasteiger partial charge in [0.05, 0.1) is 10.4 Å². The molecule has 2 aromatic heterocycles. The third-order valence-electron chi connectivity index (χ3n) is 9.66. The van der Waals surface area contributed by atoms with E-state index in [0.717, 1.165) is 49.4 Å². The molecule has 10 aromatic rings. The van der Waals surface area contributed by atoms with E-state index in [2.05, 4.69) is 157 Å². The number of hydrogen-bond donors (Lipinski definition) is 0. The summed E-state index contributed by atoms with van der Waals surface area (Å²) in [7, 11) is 0. The molecule has 0 N–H and O–H groups in total. The molecule has 0 saturated carbocycles. The molecule has 0 saturated heterocycles. The van der Waals surface area contributed by atoms with Gasteiger partial charge < -0.3 is 9.32 Å². The van der Waals surface area contributed by atoms with Gasteiger partial charge in [0.25, 0.3) is 0 Å². The van der Waals surface area contributed by atoms with Crippen molar-refractivity contribution >= 4 is 70.4 Å². The van der Waals surface area contributed by atoms with Gasteiger partial charge in [-0.05, 0) is 87.6 Å². The molecular weight excluding hydrogens is 641 g/mol. The topological polar surface area (TPSA) is 29.3 Å². The fraction of sp³-hybridized carbons (Fsp3) is 0. The summed E-state index contributed by atoms with van der Waals surface area (Å²) in [6, 6.07) is 64.5. The lowest BCUT2D eigenvalue weighted by Crippen LogP contribution is -2.10. The van der Waals surface area contributed by atoms with E-state index in [0.29, 0.717) is 5.89 Å². The Balaban J connectivity index is 1.21. The first-order chi connectivity index (χ1) is 25.3. The molecule has 0 amide bonds. The van der Waals surface area contributed by atoms with Crippen molar-refractivity contribution in [3.8, 4) is 33.7 Å². The van der Waals surface area contributed by atoms with Gasteiger partial charge in [0.15, 0.2) is 5.58 Å². The minimum absolute atomic E-state index is 0.622. The number of nitrogens with zero attached hydrogens (tertiary/aromatic N) is 2. The summed E-state index contributed by atoms with van der Waals surface area (Å²) in [4.78, 5) is 7.48. The first-order valence-corrected chi connectivity index (χ1v) is 17.9. The van der Waals surface area contributed by atoms with E-state index < -0.39 is 0 Å². The summed E-state index contributed by atoms with van der Waals surface area (Å²) < 4.78 is 9.00. The van der Waals surface area contributed by atoms with E-state index in [1.165, 1.54) is 37.5 Å². The molecule has 0 bridgehead atoms. The van der Waals surface area contributed by atoms with Crippen molar-refractivity contribution in [2.45, 2.75) is 0 Å². The number of anilines is 3.